The fraction of sp³-hybridized carbons (Fsp3) is 0.267. The van der Waals surface area contributed by atoms with Crippen LogP contribution in [0.2, 0.25) is 0 Å². The van der Waals surface area contributed by atoms with Crippen LogP contribution in [-0.2, 0) is 0 Å². The molecule has 0 heterocycles. The number of benzene rings is 2. The summed E-state index contributed by atoms with van der Waals surface area (Å²) in [6.07, 6.45) is 0. The van der Waals surface area contributed by atoms with E-state index >= 15 is 0 Å². The van der Waals surface area contributed by atoms with E-state index in [-0.39, 0.29) is 0 Å². The van der Waals surface area contributed by atoms with Gasteiger partial charge in [0, 0.05) is 12.1 Å². The Morgan fingerprint density at radius 3 is 2.59 bits per heavy atom. The molecular formula is C15H18N2. The second kappa shape index (κ2) is 5.00. The van der Waals surface area contributed by atoms with Gasteiger partial charge in [-0.2, -0.15) is 0 Å². The number of fused-ring (bicyclic) bond motifs is 1. The smallest absolute Gasteiger partial charge is 0.126 e. The van der Waals surface area contributed by atoms with E-state index in [0.717, 1.165) is 12.1 Å². The molecule has 2 N–H and O–H groups in total. The van der Waals surface area contributed by atoms with Crippen molar-refractivity contribution < 1.29 is 0 Å². The number of amidine groups is 1. The van der Waals surface area contributed by atoms with Crippen molar-refractivity contribution >= 4 is 16.6 Å². The van der Waals surface area contributed by atoms with Crippen molar-refractivity contribution in [1.29, 1.82) is 0 Å². The second-order valence-corrected chi connectivity index (χ2v) is 4.65. The van der Waals surface area contributed by atoms with Crippen molar-refractivity contribution in [3.05, 3.63) is 48.0 Å². The zero-order valence-electron chi connectivity index (χ0n) is 10.4. The molecule has 0 aliphatic rings. The Bertz CT molecular complexity index is 536. The van der Waals surface area contributed by atoms with E-state index in [1.807, 2.05) is 24.3 Å². The Hall–Kier alpha value is -1.83. The first-order chi connectivity index (χ1) is 8.18. The lowest BCUT2D eigenvalue weighted by Gasteiger charge is -2.07. The van der Waals surface area contributed by atoms with Crippen LogP contribution in [0.3, 0.4) is 0 Å². The van der Waals surface area contributed by atoms with E-state index < -0.39 is 0 Å². The summed E-state index contributed by atoms with van der Waals surface area (Å²) in [6, 6.07) is 14.4. The molecule has 0 spiro atoms. The van der Waals surface area contributed by atoms with Crippen LogP contribution in [0.1, 0.15) is 19.4 Å². The molecule has 2 aromatic rings. The summed E-state index contributed by atoms with van der Waals surface area (Å²) in [5.41, 5.74) is 7.09. The molecule has 0 saturated carbocycles. The fourth-order valence-corrected chi connectivity index (χ4v) is 1.81. The molecule has 2 rings (SSSR count). The molecule has 0 aliphatic carbocycles. The quantitative estimate of drug-likeness (QED) is 0.633. The molecule has 0 fully saturated rings. The predicted molar refractivity (Wildman–Crippen MR) is 74.4 cm³/mol. The standard InChI is InChI=1S/C15H18N2/c1-11(2)10-17-15(16)14-9-5-7-12-6-3-4-8-13(12)14/h3-9,11H,10H2,1-2H3,(H2,16,17). The number of aliphatic imine (C=N–C) groups is 1. The number of nitrogens with zero attached hydrogens (tertiary/aromatic N) is 1. The number of hydrogen-bond acceptors (Lipinski definition) is 1. The van der Waals surface area contributed by atoms with Crippen LogP contribution in [0.25, 0.3) is 10.8 Å². The monoisotopic (exact) mass is 226 g/mol. The van der Waals surface area contributed by atoms with Gasteiger partial charge in [-0.1, -0.05) is 56.3 Å². The highest BCUT2D eigenvalue weighted by molar-refractivity contribution is 6.08. The van der Waals surface area contributed by atoms with Gasteiger partial charge in [0.15, 0.2) is 0 Å². The van der Waals surface area contributed by atoms with Gasteiger partial charge in [-0.15, -0.1) is 0 Å². The van der Waals surface area contributed by atoms with Crippen LogP contribution in [0, 0.1) is 5.92 Å². The fourth-order valence-electron chi connectivity index (χ4n) is 1.81. The Balaban J connectivity index is 2.45. The van der Waals surface area contributed by atoms with Crippen molar-refractivity contribution in [2.75, 3.05) is 6.54 Å². The normalized spacial score (nSPS) is 12.3. The van der Waals surface area contributed by atoms with Gasteiger partial charge in [-0.3, -0.25) is 4.99 Å². The minimum Gasteiger partial charge on any atom is -0.383 e. The Labute approximate surface area is 102 Å². The molecule has 2 aromatic carbocycles. The molecule has 0 aromatic heterocycles. The van der Waals surface area contributed by atoms with E-state index in [9.17, 15) is 0 Å². The molecule has 0 aliphatic heterocycles. The first-order valence-corrected chi connectivity index (χ1v) is 5.96. The number of rotatable bonds is 3. The Morgan fingerprint density at radius 1 is 1.12 bits per heavy atom. The molecule has 0 saturated heterocycles. The molecular weight excluding hydrogens is 208 g/mol. The summed E-state index contributed by atoms with van der Waals surface area (Å²) in [5, 5.41) is 2.37. The molecule has 0 amide bonds. The highest BCUT2D eigenvalue weighted by Crippen LogP contribution is 2.18. The highest BCUT2D eigenvalue weighted by Gasteiger charge is 2.03. The van der Waals surface area contributed by atoms with E-state index in [1.54, 1.807) is 0 Å². The third-order valence-corrected chi connectivity index (χ3v) is 2.69. The van der Waals surface area contributed by atoms with Crippen molar-refractivity contribution in [2.24, 2.45) is 16.6 Å². The van der Waals surface area contributed by atoms with Crippen LogP contribution in [0.4, 0.5) is 0 Å². The molecule has 2 nitrogen and oxygen atoms in total. The van der Waals surface area contributed by atoms with E-state index in [1.165, 1.54) is 10.8 Å². The lowest BCUT2D eigenvalue weighted by molar-refractivity contribution is 0.665. The molecule has 0 bridgehead atoms. The maximum Gasteiger partial charge on any atom is 0.126 e. The summed E-state index contributed by atoms with van der Waals surface area (Å²) in [5.74, 6) is 1.17. The average molecular weight is 226 g/mol. The van der Waals surface area contributed by atoms with Gasteiger partial charge in [0.1, 0.15) is 5.84 Å². The summed E-state index contributed by atoms with van der Waals surface area (Å²) in [6.45, 7) is 5.05. The predicted octanol–water partition coefficient (Wildman–Crippen LogP) is 3.20. The van der Waals surface area contributed by atoms with Crippen LogP contribution in [0.15, 0.2) is 47.5 Å². The second-order valence-electron chi connectivity index (χ2n) is 4.65. The van der Waals surface area contributed by atoms with Gasteiger partial charge in [0.25, 0.3) is 0 Å². The minimum absolute atomic E-state index is 0.531. The minimum atomic E-state index is 0.531. The van der Waals surface area contributed by atoms with Crippen LogP contribution >= 0.6 is 0 Å². The lowest BCUT2D eigenvalue weighted by atomic mass is 10.0. The topological polar surface area (TPSA) is 38.4 Å². The zero-order valence-corrected chi connectivity index (χ0v) is 10.4. The zero-order chi connectivity index (χ0) is 12.3. The first-order valence-electron chi connectivity index (χ1n) is 5.96. The first kappa shape index (κ1) is 11.6. The highest BCUT2D eigenvalue weighted by atomic mass is 14.8. The Kier molecular flexibility index (Phi) is 3.43. The average Bonchev–Trinajstić information content (AvgIpc) is 2.35. The van der Waals surface area contributed by atoms with Gasteiger partial charge < -0.3 is 5.73 Å². The molecule has 17 heavy (non-hydrogen) atoms. The summed E-state index contributed by atoms with van der Waals surface area (Å²) in [7, 11) is 0. The van der Waals surface area contributed by atoms with Gasteiger partial charge in [-0.05, 0) is 16.7 Å². The van der Waals surface area contributed by atoms with E-state index in [4.69, 9.17) is 5.73 Å². The summed E-state index contributed by atoms with van der Waals surface area (Å²) in [4.78, 5) is 4.44. The molecule has 0 radical (unpaired) electrons. The van der Waals surface area contributed by atoms with Crippen molar-refractivity contribution in [1.82, 2.24) is 0 Å². The van der Waals surface area contributed by atoms with Crippen molar-refractivity contribution in [3.63, 3.8) is 0 Å². The third kappa shape index (κ3) is 2.64. The van der Waals surface area contributed by atoms with Crippen molar-refractivity contribution in [3.8, 4) is 0 Å². The molecule has 0 unspecified atom stereocenters. The van der Waals surface area contributed by atoms with Crippen LogP contribution in [-0.4, -0.2) is 12.4 Å². The van der Waals surface area contributed by atoms with Crippen molar-refractivity contribution in [2.45, 2.75) is 13.8 Å². The largest absolute Gasteiger partial charge is 0.383 e. The molecule has 0 atom stereocenters. The van der Waals surface area contributed by atoms with Gasteiger partial charge >= 0.3 is 0 Å². The molecule has 2 heteroatoms. The maximum absolute atomic E-state index is 6.06. The summed E-state index contributed by atoms with van der Waals surface area (Å²) >= 11 is 0. The number of hydrogen-bond donors (Lipinski definition) is 1. The van der Waals surface area contributed by atoms with E-state index in [0.29, 0.717) is 11.8 Å². The Morgan fingerprint density at radius 2 is 1.82 bits per heavy atom. The maximum atomic E-state index is 6.06. The van der Waals surface area contributed by atoms with E-state index in [2.05, 4.69) is 37.0 Å². The van der Waals surface area contributed by atoms with Gasteiger partial charge in [0.2, 0.25) is 0 Å². The van der Waals surface area contributed by atoms with Gasteiger partial charge in [-0.25, -0.2) is 0 Å². The summed E-state index contributed by atoms with van der Waals surface area (Å²) < 4.78 is 0. The van der Waals surface area contributed by atoms with Crippen LogP contribution in [0.5, 0.6) is 0 Å². The lowest BCUT2D eigenvalue weighted by Crippen LogP contribution is -2.15. The van der Waals surface area contributed by atoms with Crippen LogP contribution < -0.4 is 5.73 Å². The third-order valence-electron chi connectivity index (χ3n) is 2.69. The SMILES string of the molecule is CC(C)CN=C(N)c1cccc2ccccc12. The molecule has 88 valence electrons. The van der Waals surface area contributed by atoms with Gasteiger partial charge in [0.05, 0.1) is 0 Å². The number of nitrogens with two attached hydrogens (primary N) is 1.